The van der Waals surface area contributed by atoms with Crippen molar-refractivity contribution in [1.82, 2.24) is 0 Å². The van der Waals surface area contributed by atoms with Crippen molar-refractivity contribution in [2.45, 2.75) is 42.4 Å². The molecule has 0 atom stereocenters. The third-order valence-electron chi connectivity index (χ3n) is 3.28. The largest absolute Gasteiger partial charge is 0.481 e. The van der Waals surface area contributed by atoms with Crippen LogP contribution in [0.4, 0.5) is 0 Å². The molecule has 2 aromatic carbocycles. The molecule has 0 spiro atoms. The number of carbonyl (C=O) groups is 1. The topological polar surface area (TPSA) is 37.3 Å². The predicted molar refractivity (Wildman–Crippen MR) is 87.0 cm³/mol. The summed E-state index contributed by atoms with van der Waals surface area (Å²) in [5.41, 5.74) is 2.23. The number of carboxylic acid groups (broad SMARTS) is 1. The second-order valence-corrected chi connectivity index (χ2v) is 6.14. The number of unbranched alkanes of at least 4 members (excludes halogenated alkanes) is 1. The van der Waals surface area contributed by atoms with Crippen molar-refractivity contribution in [3.63, 3.8) is 0 Å². The monoisotopic (exact) mass is 300 g/mol. The van der Waals surface area contributed by atoms with Gasteiger partial charge in [-0.1, -0.05) is 55.4 Å². The molecule has 0 fully saturated rings. The quantitative estimate of drug-likeness (QED) is 0.797. The summed E-state index contributed by atoms with van der Waals surface area (Å²) in [5.74, 6) is -0.794. The van der Waals surface area contributed by atoms with E-state index in [1.54, 1.807) is 11.8 Å². The number of hydrogen-bond donors (Lipinski definition) is 1. The van der Waals surface area contributed by atoms with Gasteiger partial charge in [-0.15, -0.1) is 0 Å². The molecule has 3 heteroatoms. The normalized spacial score (nSPS) is 10.5. The third kappa shape index (κ3) is 4.94. The molecule has 0 aliphatic rings. The Bertz CT molecular complexity index is 590. The van der Waals surface area contributed by atoms with Crippen LogP contribution in [0.1, 0.15) is 30.9 Å². The molecule has 21 heavy (non-hydrogen) atoms. The Balaban J connectivity index is 2.09. The summed E-state index contributed by atoms with van der Waals surface area (Å²) in [6, 6.07) is 16.3. The summed E-state index contributed by atoms with van der Waals surface area (Å²) >= 11 is 1.63. The van der Waals surface area contributed by atoms with Gasteiger partial charge in [-0.05, 0) is 42.2 Å². The third-order valence-corrected chi connectivity index (χ3v) is 4.41. The summed E-state index contributed by atoms with van der Waals surface area (Å²) < 4.78 is 0. The first-order valence-electron chi connectivity index (χ1n) is 7.25. The number of carboxylic acids is 1. The zero-order chi connectivity index (χ0) is 15.1. The molecule has 1 N–H and O–H groups in total. The van der Waals surface area contributed by atoms with Crippen molar-refractivity contribution in [3.8, 4) is 0 Å². The van der Waals surface area contributed by atoms with Crippen molar-refractivity contribution in [1.29, 1.82) is 0 Å². The first-order valence-corrected chi connectivity index (χ1v) is 8.07. The van der Waals surface area contributed by atoms with Gasteiger partial charge < -0.3 is 5.11 Å². The van der Waals surface area contributed by atoms with Gasteiger partial charge in [0, 0.05) is 9.79 Å². The standard InChI is InChI=1S/C18H20O2S/c1-2-3-6-14-9-11-16(12-10-14)21-17-8-5-4-7-15(17)13-18(19)20/h4-5,7-12H,2-3,6,13H2,1H3,(H,19,20). The van der Waals surface area contributed by atoms with Crippen LogP contribution in [-0.2, 0) is 17.6 Å². The average Bonchev–Trinajstić information content (AvgIpc) is 2.48. The highest BCUT2D eigenvalue weighted by Crippen LogP contribution is 2.31. The van der Waals surface area contributed by atoms with Gasteiger partial charge in [0.05, 0.1) is 6.42 Å². The molecular formula is C18H20O2S. The first-order chi connectivity index (χ1) is 10.2. The SMILES string of the molecule is CCCCc1ccc(Sc2ccccc2CC(=O)O)cc1. The maximum absolute atomic E-state index is 10.9. The van der Waals surface area contributed by atoms with Crippen LogP contribution >= 0.6 is 11.8 Å². The number of aliphatic carboxylic acids is 1. The Kier molecular flexibility index (Phi) is 5.88. The van der Waals surface area contributed by atoms with Crippen LogP contribution in [0.15, 0.2) is 58.3 Å². The van der Waals surface area contributed by atoms with E-state index in [0.29, 0.717) is 0 Å². The Labute approximate surface area is 130 Å². The molecule has 0 saturated carbocycles. The fourth-order valence-corrected chi connectivity index (χ4v) is 3.09. The molecule has 0 aliphatic carbocycles. The van der Waals surface area contributed by atoms with Crippen molar-refractivity contribution < 1.29 is 9.90 Å². The molecule has 0 unspecified atom stereocenters. The van der Waals surface area contributed by atoms with E-state index in [-0.39, 0.29) is 6.42 Å². The van der Waals surface area contributed by atoms with Gasteiger partial charge in [0.1, 0.15) is 0 Å². The maximum Gasteiger partial charge on any atom is 0.307 e. The smallest absolute Gasteiger partial charge is 0.307 e. The molecule has 2 rings (SSSR count). The first kappa shape index (κ1) is 15.6. The van der Waals surface area contributed by atoms with Gasteiger partial charge >= 0.3 is 5.97 Å². The number of benzene rings is 2. The highest BCUT2D eigenvalue weighted by Gasteiger charge is 2.07. The summed E-state index contributed by atoms with van der Waals surface area (Å²) in [7, 11) is 0. The van der Waals surface area contributed by atoms with Gasteiger partial charge in [-0.3, -0.25) is 4.79 Å². The summed E-state index contributed by atoms with van der Waals surface area (Å²) in [5, 5.41) is 8.97. The van der Waals surface area contributed by atoms with E-state index < -0.39 is 5.97 Å². The molecule has 0 aliphatic heterocycles. The Morgan fingerprint density at radius 1 is 1.10 bits per heavy atom. The Hall–Kier alpha value is -1.74. The highest BCUT2D eigenvalue weighted by molar-refractivity contribution is 7.99. The average molecular weight is 300 g/mol. The molecular weight excluding hydrogens is 280 g/mol. The van der Waals surface area contributed by atoms with Crippen LogP contribution in [-0.4, -0.2) is 11.1 Å². The Morgan fingerprint density at radius 2 is 1.81 bits per heavy atom. The minimum Gasteiger partial charge on any atom is -0.481 e. The zero-order valence-electron chi connectivity index (χ0n) is 12.2. The summed E-state index contributed by atoms with van der Waals surface area (Å²) in [6.45, 7) is 2.20. The van der Waals surface area contributed by atoms with E-state index in [0.717, 1.165) is 21.8 Å². The fourth-order valence-electron chi connectivity index (χ4n) is 2.14. The Morgan fingerprint density at radius 3 is 2.48 bits per heavy atom. The van der Waals surface area contributed by atoms with Crippen LogP contribution in [0.25, 0.3) is 0 Å². The molecule has 0 amide bonds. The fraction of sp³-hybridized carbons (Fsp3) is 0.278. The van der Waals surface area contributed by atoms with Crippen molar-refractivity contribution in [2.24, 2.45) is 0 Å². The lowest BCUT2D eigenvalue weighted by atomic mass is 10.1. The van der Waals surface area contributed by atoms with Gasteiger partial charge in [0.15, 0.2) is 0 Å². The maximum atomic E-state index is 10.9. The second-order valence-electron chi connectivity index (χ2n) is 5.03. The zero-order valence-corrected chi connectivity index (χ0v) is 13.0. The van der Waals surface area contributed by atoms with Crippen molar-refractivity contribution >= 4 is 17.7 Å². The second kappa shape index (κ2) is 7.89. The van der Waals surface area contributed by atoms with Gasteiger partial charge in [-0.2, -0.15) is 0 Å². The van der Waals surface area contributed by atoms with E-state index >= 15 is 0 Å². The molecule has 0 aromatic heterocycles. The van der Waals surface area contributed by atoms with Crippen LogP contribution < -0.4 is 0 Å². The number of hydrogen-bond acceptors (Lipinski definition) is 2. The molecule has 110 valence electrons. The lowest BCUT2D eigenvalue weighted by Gasteiger charge is -2.08. The van der Waals surface area contributed by atoms with Crippen molar-refractivity contribution in [2.75, 3.05) is 0 Å². The molecule has 0 radical (unpaired) electrons. The lowest BCUT2D eigenvalue weighted by Crippen LogP contribution is -2.01. The summed E-state index contributed by atoms with van der Waals surface area (Å²) in [4.78, 5) is 13.1. The molecule has 0 saturated heterocycles. The number of aryl methyl sites for hydroxylation is 1. The minimum absolute atomic E-state index is 0.0672. The van der Waals surface area contributed by atoms with E-state index in [4.69, 9.17) is 5.11 Å². The minimum atomic E-state index is -0.794. The lowest BCUT2D eigenvalue weighted by molar-refractivity contribution is -0.136. The summed E-state index contributed by atoms with van der Waals surface area (Å²) in [6.07, 6.45) is 3.61. The van der Waals surface area contributed by atoms with E-state index in [2.05, 4.69) is 31.2 Å². The van der Waals surface area contributed by atoms with E-state index in [1.807, 2.05) is 24.3 Å². The van der Waals surface area contributed by atoms with Crippen molar-refractivity contribution in [3.05, 3.63) is 59.7 Å². The van der Waals surface area contributed by atoms with E-state index in [1.165, 1.54) is 18.4 Å². The van der Waals surface area contributed by atoms with Gasteiger partial charge in [0.2, 0.25) is 0 Å². The number of rotatable bonds is 7. The highest BCUT2D eigenvalue weighted by atomic mass is 32.2. The van der Waals surface area contributed by atoms with Gasteiger partial charge in [-0.25, -0.2) is 0 Å². The molecule has 2 aromatic rings. The molecule has 0 heterocycles. The van der Waals surface area contributed by atoms with Crippen LogP contribution in [0.2, 0.25) is 0 Å². The van der Waals surface area contributed by atoms with Crippen LogP contribution in [0.3, 0.4) is 0 Å². The molecule has 0 bridgehead atoms. The van der Waals surface area contributed by atoms with Gasteiger partial charge in [0.25, 0.3) is 0 Å². The molecule has 2 nitrogen and oxygen atoms in total. The van der Waals surface area contributed by atoms with Crippen LogP contribution in [0, 0.1) is 0 Å². The van der Waals surface area contributed by atoms with E-state index in [9.17, 15) is 4.79 Å². The predicted octanol–water partition coefficient (Wildman–Crippen LogP) is 4.81. The van der Waals surface area contributed by atoms with Crippen LogP contribution in [0.5, 0.6) is 0 Å².